The molecule has 0 spiro atoms. The quantitative estimate of drug-likeness (QED) is 0.541. The van der Waals surface area contributed by atoms with Crippen molar-refractivity contribution in [2.75, 3.05) is 30.1 Å². The van der Waals surface area contributed by atoms with Crippen molar-refractivity contribution in [2.45, 2.75) is 5.03 Å². The Hall–Kier alpha value is -2.33. The second-order valence-corrected chi connectivity index (χ2v) is 7.13. The molecule has 0 saturated carbocycles. The van der Waals surface area contributed by atoms with Crippen molar-refractivity contribution in [1.82, 2.24) is 15.0 Å². The van der Waals surface area contributed by atoms with E-state index in [1.165, 1.54) is 29.4 Å². The number of hydrogen-bond acceptors (Lipinski definition) is 7. The summed E-state index contributed by atoms with van der Waals surface area (Å²) in [6, 6.07) is 2.89. The molecule has 0 aliphatic carbocycles. The van der Waals surface area contributed by atoms with Crippen molar-refractivity contribution in [1.29, 1.82) is 0 Å². The number of hydrogen-bond donors (Lipinski definition) is 1. The Morgan fingerprint density at radius 3 is 2.88 bits per heavy atom. The summed E-state index contributed by atoms with van der Waals surface area (Å²) in [6.45, 7) is 0. The zero-order valence-electron chi connectivity index (χ0n) is 13.3. The number of thioether (sulfide) groups is 1. The molecule has 0 aliphatic rings. The van der Waals surface area contributed by atoms with E-state index < -0.39 is 17.5 Å². The molecule has 1 N–H and O–H groups in total. The topological polar surface area (TPSA) is 71.0 Å². The van der Waals surface area contributed by atoms with Gasteiger partial charge >= 0.3 is 0 Å². The lowest BCUT2D eigenvalue weighted by molar-refractivity contribution is -0.113. The summed E-state index contributed by atoms with van der Waals surface area (Å²) in [5, 5.41) is 3.75. The number of nitrogens with zero attached hydrogens (tertiary/aromatic N) is 4. The summed E-state index contributed by atoms with van der Waals surface area (Å²) >= 11 is 2.60. The first-order valence-corrected chi connectivity index (χ1v) is 8.91. The van der Waals surface area contributed by atoms with Crippen LogP contribution in [0.25, 0.3) is 10.3 Å². The van der Waals surface area contributed by atoms with Gasteiger partial charge in [-0.15, -0.1) is 0 Å². The van der Waals surface area contributed by atoms with Gasteiger partial charge in [0, 0.05) is 20.2 Å². The number of carbonyl (C=O) groups excluding carboxylic acids is 1. The fourth-order valence-electron chi connectivity index (χ4n) is 1.93. The Balaban J connectivity index is 1.72. The van der Waals surface area contributed by atoms with Crippen LogP contribution in [0.15, 0.2) is 29.6 Å². The molecule has 0 aliphatic heterocycles. The summed E-state index contributed by atoms with van der Waals surface area (Å²) in [7, 11) is 3.75. The Labute approximate surface area is 150 Å². The number of carbonyl (C=O) groups is 1. The van der Waals surface area contributed by atoms with Gasteiger partial charge in [0.05, 0.1) is 11.4 Å². The Morgan fingerprint density at radius 1 is 1.32 bits per heavy atom. The van der Waals surface area contributed by atoms with Gasteiger partial charge < -0.3 is 10.2 Å². The molecule has 2 heterocycles. The molecule has 0 radical (unpaired) electrons. The molecule has 1 aromatic carbocycles. The molecular weight excluding hydrogens is 368 g/mol. The lowest BCUT2D eigenvalue weighted by Gasteiger charge is -2.06. The lowest BCUT2D eigenvalue weighted by atomic mass is 10.3. The lowest BCUT2D eigenvalue weighted by Crippen LogP contribution is -2.15. The van der Waals surface area contributed by atoms with Crippen LogP contribution in [0, 0.1) is 11.6 Å². The van der Waals surface area contributed by atoms with Crippen LogP contribution in [0.5, 0.6) is 0 Å². The van der Waals surface area contributed by atoms with E-state index in [0.29, 0.717) is 10.7 Å². The third kappa shape index (κ3) is 4.02. The van der Waals surface area contributed by atoms with Crippen molar-refractivity contribution < 1.29 is 13.6 Å². The van der Waals surface area contributed by atoms with Gasteiger partial charge in [-0.1, -0.05) is 23.1 Å². The van der Waals surface area contributed by atoms with Crippen LogP contribution in [0.4, 0.5) is 19.6 Å². The average Bonchev–Trinajstić information content (AvgIpc) is 3.01. The van der Waals surface area contributed by atoms with Crippen molar-refractivity contribution >= 4 is 50.2 Å². The first kappa shape index (κ1) is 17.5. The Kier molecular flexibility index (Phi) is 5.09. The van der Waals surface area contributed by atoms with Gasteiger partial charge in [0.1, 0.15) is 27.7 Å². The van der Waals surface area contributed by atoms with Gasteiger partial charge in [0.2, 0.25) is 5.91 Å². The van der Waals surface area contributed by atoms with Crippen molar-refractivity contribution in [3.8, 4) is 0 Å². The zero-order chi connectivity index (χ0) is 18.0. The maximum atomic E-state index is 13.6. The predicted molar refractivity (Wildman–Crippen MR) is 95.2 cm³/mol. The second-order valence-electron chi connectivity index (χ2n) is 5.18. The molecule has 10 heteroatoms. The van der Waals surface area contributed by atoms with E-state index in [1.807, 2.05) is 19.0 Å². The van der Waals surface area contributed by atoms with E-state index in [9.17, 15) is 13.6 Å². The number of thiazole rings is 1. The number of benzene rings is 1. The highest BCUT2D eigenvalue weighted by atomic mass is 32.2. The molecule has 1 amide bonds. The summed E-state index contributed by atoms with van der Waals surface area (Å²) < 4.78 is 27.5. The summed E-state index contributed by atoms with van der Waals surface area (Å²) in [4.78, 5) is 26.5. The van der Waals surface area contributed by atoms with Crippen LogP contribution in [-0.4, -0.2) is 40.7 Å². The summed E-state index contributed by atoms with van der Waals surface area (Å²) in [6.07, 6.45) is 1.38. The van der Waals surface area contributed by atoms with Gasteiger partial charge in [0.25, 0.3) is 0 Å². The van der Waals surface area contributed by atoms with E-state index in [1.54, 1.807) is 0 Å². The van der Waals surface area contributed by atoms with Gasteiger partial charge in [0.15, 0.2) is 10.8 Å². The summed E-state index contributed by atoms with van der Waals surface area (Å²) in [5.41, 5.74) is 0.369. The molecule has 3 aromatic rings. The smallest absolute Gasteiger partial charge is 0.234 e. The van der Waals surface area contributed by atoms with Crippen molar-refractivity contribution in [3.05, 3.63) is 36.2 Å². The molecule has 2 aromatic heterocycles. The highest BCUT2D eigenvalue weighted by molar-refractivity contribution is 8.00. The molecule has 0 unspecified atom stereocenters. The van der Waals surface area contributed by atoms with Crippen LogP contribution >= 0.6 is 23.1 Å². The molecule has 25 heavy (non-hydrogen) atoms. The van der Waals surface area contributed by atoms with E-state index in [2.05, 4.69) is 20.3 Å². The van der Waals surface area contributed by atoms with E-state index in [0.717, 1.165) is 28.0 Å². The number of aromatic nitrogens is 3. The fourth-order valence-corrected chi connectivity index (χ4v) is 3.74. The summed E-state index contributed by atoms with van der Waals surface area (Å²) in [5.74, 6) is -1.78. The van der Waals surface area contributed by atoms with E-state index >= 15 is 0 Å². The van der Waals surface area contributed by atoms with Gasteiger partial charge in [-0.05, 0) is 12.1 Å². The predicted octanol–water partition coefficient (Wildman–Crippen LogP) is 3.16. The van der Waals surface area contributed by atoms with Crippen LogP contribution in [-0.2, 0) is 4.79 Å². The first-order chi connectivity index (χ1) is 11.9. The molecule has 3 rings (SSSR count). The zero-order valence-corrected chi connectivity index (χ0v) is 14.9. The highest BCUT2D eigenvalue weighted by Gasteiger charge is 2.14. The Bertz CT molecular complexity index is 931. The molecule has 0 fully saturated rings. The average molecular weight is 381 g/mol. The third-order valence-electron chi connectivity index (χ3n) is 3.07. The second kappa shape index (κ2) is 7.28. The SMILES string of the molecule is CN(C)c1nc2ncnc(SCC(=O)Nc3cc(F)ccc3F)c2s1. The minimum atomic E-state index is -0.692. The largest absolute Gasteiger partial charge is 0.354 e. The molecule has 0 bridgehead atoms. The standard InChI is InChI=1S/C15H13F2N5OS2/c1-22(2)15-21-13-12(25-15)14(19-7-18-13)24-6-11(23)20-10-5-8(16)3-4-9(10)17/h3-5,7H,6H2,1-2H3,(H,20,23). The molecule has 0 atom stereocenters. The number of fused-ring (bicyclic) bond motifs is 1. The van der Waals surface area contributed by atoms with E-state index in [-0.39, 0.29) is 11.4 Å². The van der Waals surface area contributed by atoms with Crippen molar-refractivity contribution in [2.24, 2.45) is 0 Å². The van der Waals surface area contributed by atoms with Gasteiger partial charge in [-0.3, -0.25) is 4.79 Å². The molecule has 130 valence electrons. The third-order valence-corrected chi connectivity index (χ3v) is 5.41. The minimum absolute atomic E-state index is 0.00271. The molecule has 0 saturated heterocycles. The fraction of sp³-hybridized carbons (Fsp3) is 0.200. The van der Waals surface area contributed by atoms with Gasteiger partial charge in [-0.2, -0.15) is 4.98 Å². The first-order valence-electron chi connectivity index (χ1n) is 7.10. The molecular formula is C15H13F2N5OS2. The Morgan fingerprint density at radius 2 is 2.12 bits per heavy atom. The normalized spacial score (nSPS) is 10.9. The number of halogens is 2. The monoisotopic (exact) mass is 381 g/mol. The number of nitrogens with one attached hydrogen (secondary N) is 1. The number of rotatable bonds is 5. The van der Waals surface area contributed by atoms with Crippen LogP contribution < -0.4 is 10.2 Å². The number of anilines is 2. The van der Waals surface area contributed by atoms with Crippen LogP contribution in [0.2, 0.25) is 0 Å². The maximum absolute atomic E-state index is 13.6. The number of amides is 1. The molecule has 6 nitrogen and oxygen atoms in total. The minimum Gasteiger partial charge on any atom is -0.354 e. The maximum Gasteiger partial charge on any atom is 0.234 e. The highest BCUT2D eigenvalue weighted by Crippen LogP contribution is 2.32. The van der Waals surface area contributed by atoms with Crippen LogP contribution in [0.3, 0.4) is 0 Å². The van der Waals surface area contributed by atoms with Crippen molar-refractivity contribution in [3.63, 3.8) is 0 Å². The van der Waals surface area contributed by atoms with E-state index in [4.69, 9.17) is 0 Å². The van der Waals surface area contributed by atoms with Crippen LogP contribution in [0.1, 0.15) is 0 Å². The van der Waals surface area contributed by atoms with Gasteiger partial charge in [-0.25, -0.2) is 18.7 Å².